The second kappa shape index (κ2) is 3.65. The summed E-state index contributed by atoms with van der Waals surface area (Å²) in [6.45, 7) is 2.82. The SMILES string of the molecule is CC1(c2ccc(Br)cc2)OCCC1N. The Morgan fingerprint density at radius 3 is 2.57 bits per heavy atom. The average Bonchev–Trinajstić information content (AvgIpc) is 2.49. The van der Waals surface area contributed by atoms with Gasteiger partial charge >= 0.3 is 0 Å². The van der Waals surface area contributed by atoms with Crippen molar-refractivity contribution in [3.05, 3.63) is 34.3 Å². The van der Waals surface area contributed by atoms with Gasteiger partial charge in [-0.3, -0.25) is 0 Å². The van der Waals surface area contributed by atoms with Crippen molar-refractivity contribution in [2.24, 2.45) is 5.73 Å². The van der Waals surface area contributed by atoms with Gasteiger partial charge in [0.2, 0.25) is 0 Å². The highest BCUT2D eigenvalue weighted by Crippen LogP contribution is 2.35. The van der Waals surface area contributed by atoms with E-state index >= 15 is 0 Å². The van der Waals surface area contributed by atoms with Crippen LogP contribution in [0.1, 0.15) is 18.9 Å². The van der Waals surface area contributed by atoms with Gasteiger partial charge in [0, 0.05) is 17.1 Å². The molecule has 2 atom stereocenters. The quantitative estimate of drug-likeness (QED) is 0.837. The fraction of sp³-hybridized carbons (Fsp3) is 0.455. The maximum atomic E-state index is 6.05. The Morgan fingerprint density at radius 1 is 1.43 bits per heavy atom. The van der Waals surface area contributed by atoms with Gasteiger partial charge in [-0.15, -0.1) is 0 Å². The van der Waals surface area contributed by atoms with Crippen molar-refractivity contribution >= 4 is 15.9 Å². The molecule has 2 N–H and O–H groups in total. The molecule has 0 spiro atoms. The zero-order valence-corrected chi connectivity index (χ0v) is 9.75. The fourth-order valence-corrected chi connectivity index (χ4v) is 2.12. The van der Waals surface area contributed by atoms with Gasteiger partial charge in [-0.2, -0.15) is 0 Å². The van der Waals surface area contributed by atoms with E-state index < -0.39 is 0 Å². The molecule has 0 aromatic heterocycles. The van der Waals surface area contributed by atoms with Crippen LogP contribution >= 0.6 is 15.9 Å². The number of hydrogen-bond donors (Lipinski definition) is 1. The van der Waals surface area contributed by atoms with Crippen LogP contribution in [0.25, 0.3) is 0 Å². The van der Waals surface area contributed by atoms with Crippen LogP contribution in [0.3, 0.4) is 0 Å². The standard InChI is InChI=1S/C11H14BrNO/c1-11(10(13)6-7-14-11)8-2-4-9(12)5-3-8/h2-5,10H,6-7,13H2,1H3. The highest BCUT2D eigenvalue weighted by Gasteiger charge is 2.39. The summed E-state index contributed by atoms with van der Waals surface area (Å²) >= 11 is 3.41. The van der Waals surface area contributed by atoms with E-state index in [0.29, 0.717) is 0 Å². The second-order valence-electron chi connectivity index (χ2n) is 3.86. The van der Waals surface area contributed by atoms with E-state index in [2.05, 4.69) is 35.0 Å². The number of rotatable bonds is 1. The lowest BCUT2D eigenvalue weighted by atomic mass is 9.89. The van der Waals surface area contributed by atoms with E-state index in [4.69, 9.17) is 10.5 Å². The van der Waals surface area contributed by atoms with Gasteiger partial charge in [-0.1, -0.05) is 28.1 Å². The molecule has 76 valence electrons. The summed E-state index contributed by atoms with van der Waals surface area (Å²) in [7, 11) is 0. The van der Waals surface area contributed by atoms with Crippen molar-refractivity contribution in [3.63, 3.8) is 0 Å². The first-order valence-electron chi connectivity index (χ1n) is 4.78. The zero-order valence-electron chi connectivity index (χ0n) is 8.16. The molecule has 14 heavy (non-hydrogen) atoms. The molecule has 0 saturated carbocycles. The van der Waals surface area contributed by atoms with Gasteiger partial charge in [0.1, 0.15) is 5.60 Å². The van der Waals surface area contributed by atoms with Gasteiger partial charge in [0.25, 0.3) is 0 Å². The number of halogens is 1. The summed E-state index contributed by atoms with van der Waals surface area (Å²) < 4.78 is 6.82. The Labute approximate surface area is 92.6 Å². The molecular formula is C11H14BrNO. The topological polar surface area (TPSA) is 35.2 Å². The van der Waals surface area contributed by atoms with Crippen LogP contribution in [-0.4, -0.2) is 12.6 Å². The van der Waals surface area contributed by atoms with Crippen molar-refractivity contribution in [3.8, 4) is 0 Å². The van der Waals surface area contributed by atoms with Gasteiger partial charge in [0.05, 0.1) is 0 Å². The predicted octanol–water partition coefficient (Wildman–Crippen LogP) is 2.41. The van der Waals surface area contributed by atoms with Crippen LogP contribution < -0.4 is 5.73 Å². The molecular weight excluding hydrogens is 242 g/mol. The highest BCUT2D eigenvalue weighted by atomic mass is 79.9. The molecule has 0 amide bonds. The van der Waals surface area contributed by atoms with Crippen molar-refractivity contribution in [1.82, 2.24) is 0 Å². The van der Waals surface area contributed by atoms with Crippen molar-refractivity contribution < 1.29 is 4.74 Å². The highest BCUT2D eigenvalue weighted by molar-refractivity contribution is 9.10. The fourth-order valence-electron chi connectivity index (χ4n) is 1.86. The molecule has 2 unspecified atom stereocenters. The summed E-state index contributed by atoms with van der Waals surface area (Å²) in [5.74, 6) is 0. The molecule has 1 aliphatic rings. The molecule has 0 radical (unpaired) electrons. The molecule has 3 heteroatoms. The maximum absolute atomic E-state index is 6.05. The molecule has 2 nitrogen and oxygen atoms in total. The van der Waals surface area contributed by atoms with Crippen molar-refractivity contribution in [2.75, 3.05) is 6.61 Å². The molecule has 0 bridgehead atoms. The Hall–Kier alpha value is -0.380. The third-order valence-corrected chi connectivity index (χ3v) is 3.48. The van der Waals surface area contributed by atoms with Crippen LogP contribution in [0.4, 0.5) is 0 Å². The summed E-state index contributed by atoms with van der Waals surface area (Å²) in [6, 6.07) is 8.28. The van der Waals surface area contributed by atoms with Crippen molar-refractivity contribution in [1.29, 1.82) is 0 Å². The molecule has 1 heterocycles. The average molecular weight is 256 g/mol. The lowest BCUT2D eigenvalue weighted by Gasteiger charge is -2.28. The second-order valence-corrected chi connectivity index (χ2v) is 4.77. The lowest BCUT2D eigenvalue weighted by molar-refractivity contribution is 0.00804. The molecule has 2 rings (SSSR count). The molecule has 1 aliphatic heterocycles. The maximum Gasteiger partial charge on any atom is 0.105 e. The first-order valence-corrected chi connectivity index (χ1v) is 5.58. The molecule has 1 fully saturated rings. The van der Waals surface area contributed by atoms with E-state index in [9.17, 15) is 0 Å². The van der Waals surface area contributed by atoms with E-state index in [1.807, 2.05) is 12.1 Å². The monoisotopic (exact) mass is 255 g/mol. The number of hydrogen-bond acceptors (Lipinski definition) is 2. The van der Waals surface area contributed by atoms with Gasteiger partial charge in [-0.05, 0) is 31.0 Å². The van der Waals surface area contributed by atoms with Crippen LogP contribution in [0, 0.1) is 0 Å². The minimum Gasteiger partial charge on any atom is -0.369 e. The minimum absolute atomic E-state index is 0.101. The van der Waals surface area contributed by atoms with Crippen LogP contribution in [-0.2, 0) is 10.3 Å². The minimum atomic E-state index is -0.305. The van der Waals surface area contributed by atoms with Crippen LogP contribution in [0.2, 0.25) is 0 Å². The Balaban J connectivity index is 2.34. The third-order valence-electron chi connectivity index (χ3n) is 2.96. The normalized spacial score (nSPS) is 32.1. The molecule has 1 aromatic rings. The van der Waals surface area contributed by atoms with Gasteiger partial charge < -0.3 is 10.5 Å². The summed E-state index contributed by atoms with van der Waals surface area (Å²) in [6.07, 6.45) is 0.937. The number of ether oxygens (including phenoxy) is 1. The van der Waals surface area contributed by atoms with E-state index in [-0.39, 0.29) is 11.6 Å². The number of benzene rings is 1. The summed E-state index contributed by atoms with van der Waals surface area (Å²) in [4.78, 5) is 0. The zero-order chi connectivity index (χ0) is 10.2. The smallest absolute Gasteiger partial charge is 0.105 e. The largest absolute Gasteiger partial charge is 0.369 e. The predicted molar refractivity (Wildman–Crippen MR) is 60.0 cm³/mol. The van der Waals surface area contributed by atoms with Crippen molar-refractivity contribution in [2.45, 2.75) is 25.0 Å². The molecule has 1 aromatic carbocycles. The number of nitrogens with two attached hydrogens (primary N) is 1. The van der Waals surface area contributed by atoms with Gasteiger partial charge in [-0.25, -0.2) is 0 Å². The Bertz CT molecular complexity index is 325. The Morgan fingerprint density at radius 2 is 2.07 bits per heavy atom. The first-order chi connectivity index (χ1) is 6.63. The first kappa shape index (κ1) is 10.1. The lowest BCUT2D eigenvalue weighted by Crippen LogP contribution is -2.39. The third kappa shape index (κ3) is 1.60. The van der Waals surface area contributed by atoms with E-state index in [1.54, 1.807) is 0 Å². The van der Waals surface area contributed by atoms with Crippen LogP contribution in [0.15, 0.2) is 28.7 Å². The van der Waals surface area contributed by atoms with Gasteiger partial charge in [0.15, 0.2) is 0 Å². The Kier molecular flexibility index (Phi) is 2.64. The summed E-state index contributed by atoms with van der Waals surface area (Å²) in [5, 5.41) is 0. The van der Waals surface area contributed by atoms with E-state index in [0.717, 1.165) is 23.1 Å². The molecule has 0 aliphatic carbocycles. The summed E-state index contributed by atoms with van der Waals surface area (Å²) in [5.41, 5.74) is 6.90. The van der Waals surface area contributed by atoms with Crippen LogP contribution in [0.5, 0.6) is 0 Å². The van der Waals surface area contributed by atoms with E-state index in [1.165, 1.54) is 0 Å². The molecule has 1 saturated heterocycles.